The number of halogens is 1. The van der Waals surface area contributed by atoms with Crippen molar-refractivity contribution in [2.45, 2.75) is 0 Å². The van der Waals surface area contributed by atoms with Gasteiger partial charge >= 0.3 is 0 Å². The topological polar surface area (TPSA) is 123 Å². The Morgan fingerprint density at radius 2 is 2.00 bits per heavy atom. The number of nitrogens with zero attached hydrogens (tertiary/aromatic N) is 3. The maximum Gasteiger partial charge on any atom is 0.253 e. The lowest BCUT2D eigenvalue weighted by molar-refractivity contribution is -0.115. The molecule has 0 aliphatic carbocycles. The molecule has 0 unspecified atom stereocenters. The lowest BCUT2D eigenvalue weighted by Crippen LogP contribution is -2.32. The van der Waals surface area contributed by atoms with E-state index in [0.29, 0.717) is 21.1 Å². The van der Waals surface area contributed by atoms with Crippen molar-refractivity contribution in [3.8, 4) is 11.4 Å². The molecule has 0 spiro atoms. The molecular weight excluding hydrogens is 470 g/mol. The van der Waals surface area contributed by atoms with Gasteiger partial charge in [0.25, 0.3) is 5.91 Å². The summed E-state index contributed by atoms with van der Waals surface area (Å²) in [6.07, 6.45) is 3.46. The lowest BCUT2D eigenvalue weighted by atomic mass is 10.3. The van der Waals surface area contributed by atoms with Crippen LogP contribution in [0.5, 0.6) is 0 Å². The molecule has 0 atom stereocenters. The van der Waals surface area contributed by atoms with Crippen molar-refractivity contribution in [3.05, 3.63) is 52.2 Å². The zero-order chi connectivity index (χ0) is 20.3. The van der Waals surface area contributed by atoms with Gasteiger partial charge in [-0.15, -0.1) is 11.3 Å². The second-order valence-electron chi connectivity index (χ2n) is 5.61. The predicted molar refractivity (Wildman–Crippen MR) is 109 cm³/mol. The molecule has 146 valence electrons. The van der Waals surface area contributed by atoms with Gasteiger partial charge in [0.15, 0.2) is 5.13 Å². The third-order valence-electron chi connectivity index (χ3n) is 3.45. The van der Waals surface area contributed by atoms with Crippen molar-refractivity contribution < 1.29 is 18.0 Å². The molecule has 2 N–H and O–H groups in total. The Morgan fingerprint density at radius 1 is 1.21 bits per heavy atom. The van der Waals surface area contributed by atoms with Gasteiger partial charge in [-0.05, 0) is 34.1 Å². The number of hydrogen-bond acceptors (Lipinski definition) is 7. The molecule has 0 aliphatic heterocycles. The second kappa shape index (κ2) is 8.20. The molecule has 0 saturated carbocycles. The zero-order valence-corrected chi connectivity index (χ0v) is 17.6. The summed E-state index contributed by atoms with van der Waals surface area (Å²) in [4.78, 5) is 32.7. The van der Waals surface area contributed by atoms with Crippen LogP contribution in [0.4, 0.5) is 5.13 Å². The molecule has 28 heavy (non-hydrogen) atoms. The van der Waals surface area contributed by atoms with Crippen LogP contribution in [0, 0.1) is 0 Å². The standard InChI is InChI=1S/C16H14BrN5O4S2/c1-28(25,26)22-6-5-10(8-22)15(24)18-7-14(23)21-16-20-12(9-27-16)11-3-2-4-13(17)19-11/h2-6,8-9H,7H2,1H3,(H,18,24)(H,20,21,23). The number of amides is 2. The molecule has 2 amide bonds. The van der Waals surface area contributed by atoms with Crippen LogP contribution < -0.4 is 10.6 Å². The molecule has 9 nitrogen and oxygen atoms in total. The van der Waals surface area contributed by atoms with E-state index in [4.69, 9.17) is 0 Å². The fraction of sp³-hybridized carbons (Fsp3) is 0.125. The summed E-state index contributed by atoms with van der Waals surface area (Å²) in [6, 6.07) is 6.78. The van der Waals surface area contributed by atoms with Crippen LogP contribution in [-0.4, -0.2) is 47.0 Å². The SMILES string of the molecule is CS(=O)(=O)n1ccc(C(=O)NCC(=O)Nc2nc(-c3cccc(Br)n3)cs2)c1. The summed E-state index contributed by atoms with van der Waals surface area (Å²) in [5.74, 6) is -1.02. The van der Waals surface area contributed by atoms with Crippen molar-refractivity contribution >= 4 is 54.2 Å². The van der Waals surface area contributed by atoms with E-state index in [1.807, 2.05) is 6.07 Å². The van der Waals surface area contributed by atoms with Crippen molar-refractivity contribution in [1.82, 2.24) is 19.3 Å². The number of rotatable bonds is 6. The Hall–Kier alpha value is -2.57. The van der Waals surface area contributed by atoms with E-state index < -0.39 is 21.8 Å². The summed E-state index contributed by atoms with van der Waals surface area (Å²) in [7, 11) is -3.47. The minimum atomic E-state index is -3.47. The summed E-state index contributed by atoms with van der Waals surface area (Å²) in [5, 5.41) is 7.16. The number of nitrogens with one attached hydrogen (secondary N) is 2. The van der Waals surface area contributed by atoms with E-state index in [2.05, 4.69) is 36.5 Å². The molecule has 0 aliphatic rings. The average Bonchev–Trinajstić information content (AvgIpc) is 3.29. The first-order valence-corrected chi connectivity index (χ1v) is 11.3. The Bertz CT molecular complexity index is 1140. The normalized spacial score (nSPS) is 11.2. The van der Waals surface area contributed by atoms with Gasteiger partial charge in [-0.2, -0.15) is 0 Å². The van der Waals surface area contributed by atoms with Gasteiger partial charge in [0.2, 0.25) is 15.9 Å². The number of pyridine rings is 1. The Balaban J connectivity index is 1.56. The summed E-state index contributed by atoms with van der Waals surface area (Å²) in [6.45, 7) is -0.285. The maximum atomic E-state index is 12.0. The molecule has 0 aromatic carbocycles. The fourth-order valence-corrected chi connectivity index (χ4v) is 3.79. The fourth-order valence-electron chi connectivity index (χ4n) is 2.14. The molecule has 0 saturated heterocycles. The van der Waals surface area contributed by atoms with Gasteiger partial charge in [0.05, 0.1) is 24.1 Å². The van der Waals surface area contributed by atoms with Crippen molar-refractivity contribution in [2.24, 2.45) is 0 Å². The second-order valence-corrected chi connectivity index (χ2v) is 9.17. The summed E-state index contributed by atoms with van der Waals surface area (Å²) in [5.41, 5.74) is 1.41. The highest BCUT2D eigenvalue weighted by Gasteiger charge is 2.14. The van der Waals surface area contributed by atoms with E-state index in [0.717, 1.165) is 10.2 Å². The number of aromatic nitrogens is 3. The third kappa shape index (κ3) is 5.03. The van der Waals surface area contributed by atoms with Crippen LogP contribution in [-0.2, 0) is 14.8 Å². The molecule has 0 fully saturated rings. The van der Waals surface area contributed by atoms with Crippen LogP contribution in [0.15, 0.2) is 46.6 Å². The number of hydrogen-bond donors (Lipinski definition) is 2. The van der Waals surface area contributed by atoms with E-state index in [9.17, 15) is 18.0 Å². The Kier molecular flexibility index (Phi) is 5.91. The monoisotopic (exact) mass is 483 g/mol. The zero-order valence-electron chi connectivity index (χ0n) is 14.4. The van der Waals surface area contributed by atoms with Crippen LogP contribution >= 0.6 is 27.3 Å². The van der Waals surface area contributed by atoms with Crippen LogP contribution in [0.1, 0.15) is 10.4 Å². The molecule has 3 aromatic rings. The van der Waals surface area contributed by atoms with Gasteiger partial charge in [-0.25, -0.2) is 18.4 Å². The van der Waals surface area contributed by atoms with Crippen LogP contribution in [0.3, 0.4) is 0 Å². The van der Waals surface area contributed by atoms with Crippen LogP contribution in [0.25, 0.3) is 11.4 Å². The smallest absolute Gasteiger partial charge is 0.253 e. The molecular formula is C16H14BrN5O4S2. The quantitative estimate of drug-likeness (QED) is 0.516. The van der Waals surface area contributed by atoms with E-state index in [-0.39, 0.29) is 12.1 Å². The number of carbonyl (C=O) groups excluding carboxylic acids is 2. The lowest BCUT2D eigenvalue weighted by Gasteiger charge is -2.04. The van der Waals surface area contributed by atoms with E-state index in [1.54, 1.807) is 17.5 Å². The largest absolute Gasteiger partial charge is 0.343 e. The third-order valence-corrected chi connectivity index (χ3v) is 5.64. The van der Waals surface area contributed by atoms with Gasteiger partial charge in [-0.3, -0.25) is 13.6 Å². The molecule has 3 aromatic heterocycles. The first-order chi connectivity index (χ1) is 13.2. The van der Waals surface area contributed by atoms with E-state index >= 15 is 0 Å². The Labute approximate surface area is 173 Å². The minimum Gasteiger partial charge on any atom is -0.343 e. The highest BCUT2D eigenvalue weighted by Crippen LogP contribution is 2.24. The van der Waals surface area contributed by atoms with Gasteiger partial charge < -0.3 is 10.6 Å². The van der Waals surface area contributed by atoms with Crippen molar-refractivity contribution in [1.29, 1.82) is 0 Å². The number of carbonyl (C=O) groups is 2. The van der Waals surface area contributed by atoms with Crippen molar-refractivity contribution in [3.63, 3.8) is 0 Å². The molecule has 3 rings (SSSR count). The first kappa shape index (κ1) is 20.2. The maximum absolute atomic E-state index is 12.0. The number of anilines is 1. The average molecular weight is 484 g/mol. The first-order valence-electron chi connectivity index (χ1n) is 7.77. The van der Waals surface area contributed by atoms with Crippen LogP contribution in [0.2, 0.25) is 0 Å². The molecule has 3 heterocycles. The Morgan fingerprint density at radius 3 is 2.68 bits per heavy atom. The number of thiazole rings is 1. The summed E-state index contributed by atoms with van der Waals surface area (Å²) >= 11 is 4.53. The summed E-state index contributed by atoms with van der Waals surface area (Å²) < 4.78 is 24.4. The predicted octanol–water partition coefficient (Wildman–Crippen LogP) is 1.95. The van der Waals surface area contributed by atoms with Gasteiger partial charge in [0, 0.05) is 17.8 Å². The molecule has 0 bridgehead atoms. The minimum absolute atomic E-state index is 0.135. The van der Waals surface area contributed by atoms with Gasteiger partial charge in [-0.1, -0.05) is 6.07 Å². The van der Waals surface area contributed by atoms with E-state index in [1.165, 1.54) is 29.8 Å². The molecule has 12 heteroatoms. The van der Waals surface area contributed by atoms with Gasteiger partial charge in [0.1, 0.15) is 10.3 Å². The van der Waals surface area contributed by atoms with Crippen molar-refractivity contribution in [2.75, 3.05) is 18.1 Å². The highest BCUT2D eigenvalue weighted by atomic mass is 79.9. The molecule has 0 radical (unpaired) electrons. The highest BCUT2D eigenvalue weighted by molar-refractivity contribution is 9.10.